The van der Waals surface area contributed by atoms with Gasteiger partial charge in [0.05, 0.1) is 14.2 Å². The van der Waals surface area contributed by atoms with Crippen molar-refractivity contribution in [3.05, 3.63) is 23.8 Å². The first-order valence-electron chi connectivity index (χ1n) is 11.2. The fraction of sp³-hybridized carbons (Fsp3) is 0.667. The van der Waals surface area contributed by atoms with Crippen LogP contribution >= 0.6 is 24.0 Å². The van der Waals surface area contributed by atoms with Crippen molar-refractivity contribution in [1.29, 1.82) is 0 Å². The molecule has 1 aromatic rings. The molecule has 8 heteroatoms. The summed E-state index contributed by atoms with van der Waals surface area (Å²) in [4.78, 5) is 16.8. The molecule has 182 valence electrons. The van der Waals surface area contributed by atoms with Crippen molar-refractivity contribution in [1.82, 2.24) is 16.0 Å². The predicted molar refractivity (Wildman–Crippen MR) is 142 cm³/mol. The average molecular weight is 561 g/mol. The van der Waals surface area contributed by atoms with Crippen LogP contribution in [0, 0.1) is 5.92 Å². The second-order valence-corrected chi connectivity index (χ2v) is 9.25. The zero-order valence-corrected chi connectivity index (χ0v) is 22.9. The number of ether oxygens (including phenoxy) is 2. The molecular formula is C24H41IN4O3. The maximum atomic E-state index is 12.4. The lowest BCUT2D eigenvalue weighted by atomic mass is 9.84. The number of nitrogens with one attached hydrogen (secondary N) is 3. The highest BCUT2D eigenvalue weighted by molar-refractivity contribution is 14.0. The smallest absolute Gasteiger partial charge is 0.223 e. The minimum Gasteiger partial charge on any atom is -0.493 e. The Morgan fingerprint density at radius 3 is 2.47 bits per heavy atom. The molecule has 1 aromatic carbocycles. The summed E-state index contributed by atoms with van der Waals surface area (Å²) >= 11 is 0. The molecule has 32 heavy (non-hydrogen) atoms. The first-order valence-corrected chi connectivity index (χ1v) is 11.2. The number of rotatable bonds is 8. The second-order valence-electron chi connectivity index (χ2n) is 9.25. The normalized spacial score (nSPS) is 19.1. The topological polar surface area (TPSA) is 84.0 Å². The van der Waals surface area contributed by atoms with E-state index < -0.39 is 0 Å². The molecule has 0 radical (unpaired) electrons. The van der Waals surface area contributed by atoms with Crippen molar-refractivity contribution in [2.75, 3.05) is 27.8 Å². The first kappa shape index (κ1) is 28.3. The molecule has 1 saturated carbocycles. The second kappa shape index (κ2) is 13.1. The number of nitrogens with zero attached hydrogens (tertiary/aromatic N) is 1. The third-order valence-electron chi connectivity index (χ3n) is 5.90. The Hall–Kier alpha value is -1.71. The van der Waals surface area contributed by atoms with E-state index in [1.165, 1.54) is 0 Å². The van der Waals surface area contributed by atoms with Crippen LogP contribution in [-0.4, -0.2) is 51.8 Å². The molecule has 1 aliphatic rings. The number of halogens is 1. The molecular weight excluding hydrogens is 519 g/mol. The van der Waals surface area contributed by atoms with E-state index >= 15 is 0 Å². The maximum Gasteiger partial charge on any atom is 0.223 e. The third-order valence-corrected chi connectivity index (χ3v) is 5.90. The van der Waals surface area contributed by atoms with Gasteiger partial charge in [-0.15, -0.1) is 24.0 Å². The average Bonchev–Trinajstić information content (AvgIpc) is 2.75. The quantitative estimate of drug-likeness (QED) is 0.256. The molecule has 1 aliphatic carbocycles. The largest absolute Gasteiger partial charge is 0.493 e. The van der Waals surface area contributed by atoms with Crippen LogP contribution < -0.4 is 25.4 Å². The SMILES string of the molecule is CN=C(NCC(C)(C)c1ccc(OC)c(OC)c1)NC1CCCC(C(=O)NC(C)C)C1.I. The molecule has 2 atom stereocenters. The number of hydrogen-bond acceptors (Lipinski definition) is 4. The first-order chi connectivity index (χ1) is 14.7. The molecule has 7 nitrogen and oxygen atoms in total. The minimum absolute atomic E-state index is 0. The van der Waals surface area contributed by atoms with E-state index in [2.05, 4.69) is 40.9 Å². The van der Waals surface area contributed by atoms with E-state index in [9.17, 15) is 4.79 Å². The number of amides is 1. The molecule has 2 unspecified atom stereocenters. The van der Waals surface area contributed by atoms with Crippen LogP contribution in [0.1, 0.15) is 58.9 Å². The van der Waals surface area contributed by atoms with Gasteiger partial charge in [-0.05, 0) is 50.8 Å². The van der Waals surface area contributed by atoms with E-state index in [0.717, 1.165) is 48.7 Å². The molecule has 2 rings (SSSR count). The number of benzene rings is 1. The molecule has 0 spiro atoms. The highest BCUT2D eigenvalue weighted by Crippen LogP contribution is 2.33. The molecule has 0 bridgehead atoms. The van der Waals surface area contributed by atoms with Crippen LogP contribution in [0.3, 0.4) is 0 Å². The van der Waals surface area contributed by atoms with E-state index in [1.54, 1.807) is 21.3 Å². The molecule has 0 aliphatic heterocycles. The van der Waals surface area contributed by atoms with Crippen molar-refractivity contribution in [3.63, 3.8) is 0 Å². The van der Waals surface area contributed by atoms with Gasteiger partial charge in [0, 0.05) is 37.0 Å². The molecule has 1 fully saturated rings. The van der Waals surface area contributed by atoms with Crippen LogP contribution in [0.15, 0.2) is 23.2 Å². The summed E-state index contributed by atoms with van der Waals surface area (Å²) in [6.07, 6.45) is 3.88. The number of methoxy groups -OCH3 is 2. The van der Waals surface area contributed by atoms with Crippen LogP contribution in [0.25, 0.3) is 0 Å². The van der Waals surface area contributed by atoms with Crippen LogP contribution in [0.4, 0.5) is 0 Å². The lowest BCUT2D eigenvalue weighted by Crippen LogP contribution is -2.49. The molecule has 0 aromatic heterocycles. The van der Waals surface area contributed by atoms with Gasteiger partial charge in [0.2, 0.25) is 5.91 Å². The van der Waals surface area contributed by atoms with Crippen LogP contribution in [0.5, 0.6) is 11.5 Å². The van der Waals surface area contributed by atoms with Crippen LogP contribution in [0.2, 0.25) is 0 Å². The minimum atomic E-state index is -0.149. The lowest BCUT2D eigenvalue weighted by Gasteiger charge is -2.32. The van der Waals surface area contributed by atoms with Crippen molar-refractivity contribution < 1.29 is 14.3 Å². The number of carbonyl (C=O) groups is 1. The van der Waals surface area contributed by atoms with Crippen molar-refractivity contribution in [2.24, 2.45) is 10.9 Å². The number of hydrogen-bond donors (Lipinski definition) is 3. The van der Waals surface area contributed by atoms with Gasteiger partial charge in [-0.2, -0.15) is 0 Å². The van der Waals surface area contributed by atoms with Crippen molar-refractivity contribution in [2.45, 2.75) is 70.9 Å². The maximum absolute atomic E-state index is 12.4. The zero-order chi connectivity index (χ0) is 23.0. The van der Waals surface area contributed by atoms with Gasteiger partial charge in [0.1, 0.15) is 0 Å². The molecule has 0 heterocycles. The Morgan fingerprint density at radius 1 is 1.19 bits per heavy atom. The van der Waals surface area contributed by atoms with Gasteiger partial charge in [-0.3, -0.25) is 9.79 Å². The van der Waals surface area contributed by atoms with E-state index in [-0.39, 0.29) is 53.3 Å². The van der Waals surface area contributed by atoms with Gasteiger partial charge >= 0.3 is 0 Å². The summed E-state index contributed by atoms with van der Waals surface area (Å²) in [6, 6.07) is 6.45. The van der Waals surface area contributed by atoms with Gasteiger partial charge < -0.3 is 25.4 Å². The highest BCUT2D eigenvalue weighted by atomic mass is 127. The Bertz CT molecular complexity index is 768. The summed E-state index contributed by atoms with van der Waals surface area (Å²) < 4.78 is 10.8. The Morgan fingerprint density at radius 2 is 1.88 bits per heavy atom. The summed E-state index contributed by atoms with van der Waals surface area (Å²) in [5.74, 6) is 2.45. The zero-order valence-electron chi connectivity index (χ0n) is 20.6. The standard InChI is InChI=1S/C24H40N4O3.HI/c1-16(2)27-22(29)17-9-8-10-19(13-17)28-23(25-5)26-15-24(3,4)18-11-12-20(30-6)21(14-18)31-7;/h11-12,14,16-17,19H,8-10,13,15H2,1-7H3,(H,27,29)(H2,25,26,28);1H. The Kier molecular flexibility index (Phi) is 11.6. The van der Waals surface area contributed by atoms with E-state index in [4.69, 9.17) is 9.47 Å². The van der Waals surface area contributed by atoms with Gasteiger partial charge in [0.15, 0.2) is 17.5 Å². The molecule has 3 N–H and O–H groups in total. The van der Waals surface area contributed by atoms with Crippen molar-refractivity contribution in [3.8, 4) is 11.5 Å². The fourth-order valence-corrected chi connectivity index (χ4v) is 4.01. The van der Waals surface area contributed by atoms with Gasteiger partial charge in [-0.1, -0.05) is 26.3 Å². The summed E-state index contributed by atoms with van der Waals surface area (Å²) in [7, 11) is 5.07. The summed E-state index contributed by atoms with van der Waals surface area (Å²) in [5.41, 5.74) is 1.000. The van der Waals surface area contributed by atoms with Crippen LogP contribution in [-0.2, 0) is 10.2 Å². The van der Waals surface area contributed by atoms with Crippen molar-refractivity contribution >= 4 is 35.8 Å². The third kappa shape index (κ3) is 8.01. The lowest BCUT2D eigenvalue weighted by molar-refractivity contribution is -0.126. The fourth-order valence-electron chi connectivity index (χ4n) is 4.01. The monoisotopic (exact) mass is 560 g/mol. The van der Waals surface area contributed by atoms with Gasteiger partial charge in [0.25, 0.3) is 0 Å². The van der Waals surface area contributed by atoms with Gasteiger partial charge in [-0.25, -0.2) is 0 Å². The van der Waals surface area contributed by atoms with E-state index in [1.807, 2.05) is 26.0 Å². The Balaban J connectivity index is 0.00000512. The summed E-state index contributed by atoms with van der Waals surface area (Å²) in [5, 5.41) is 10.0. The number of guanidine groups is 1. The van der Waals surface area contributed by atoms with E-state index in [0.29, 0.717) is 6.54 Å². The highest BCUT2D eigenvalue weighted by Gasteiger charge is 2.28. The number of aliphatic imine (C=N–C) groups is 1. The predicted octanol–water partition coefficient (Wildman–Crippen LogP) is 3.85. The summed E-state index contributed by atoms with van der Waals surface area (Å²) in [6.45, 7) is 9.07. The molecule has 0 saturated heterocycles. The Labute approximate surface area is 210 Å². The number of carbonyl (C=O) groups excluding carboxylic acids is 1. The molecule has 1 amide bonds.